The number of nitrogens with one attached hydrogen (secondary N) is 1. The number of anilines is 1. The maximum absolute atomic E-state index is 11.5. The average Bonchev–Trinajstić information content (AvgIpc) is 2.21. The van der Waals surface area contributed by atoms with E-state index in [4.69, 9.17) is 5.26 Å². The number of sulfonamides is 1. The molecule has 1 rings (SSSR count). The normalized spacial score (nSPS) is 10.8. The van der Waals surface area contributed by atoms with E-state index in [2.05, 4.69) is 4.72 Å². The van der Waals surface area contributed by atoms with Gasteiger partial charge in [0.05, 0.1) is 11.8 Å². The smallest absolute Gasteiger partial charge is 0.232 e. The van der Waals surface area contributed by atoms with E-state index in [1.165, 1.54) is 0 Å². The summed E-state index contributed by atoms with van der Waals surface area (Å²) >= 11 is 0. The second kappa shape index (κ2) is 5.52. The zero-order valence-corrected chi connectivity index (χ0v) is 9.92. The Morgan fingerprint density at radius 3 is 2.50 bits per heavy atom. The number of nitrogens with zero attached hydrogens (tertiary/aromatic N) is 1. The Kier molecular flexibility index (Phi) is 4.32. The third kappa shape index (κ3) is 4.32. The minimum Gasteiger partial charge on any atom is -0.284 e. The van der Waals surface area contributed by atoms with Crippen LogP contribution in [-0.2, 0) is 10.0 Å². The minimum absolute atomic E-state index is 0.0194. The Balaban J connectivity index is 2.59. The van der Waals surface area contributed by atoms with Gasteiger partial charge >= 0.3 is 0 Å². The van der Waals surface area contributed by atoms with Crippen molar-refractivity contribution in [2.24, 2.45) is 0 Å². The summed E-state index contributed by atoms with van der Waals surface area (Å²) in [6.07, 6.45) is 0.618. The molecule has 0 aliphatic carbocycles. The molecule has 0 saturated carbocycles. The van der Waals surface area contributed by atoms with Crippen LogP contribution < -0.4 is 4.72 Å². The lowest BCUT2D eigenvalue weighted by molar-refractivity contribution is 0.599. The van der Waals surface area contributed by atoms with Gasteiger partial charge < -0.3 is 0 Å². The topological polar surface area (TPSA) is 70.0 Å². The molecule has 0 saturated heterocycles. The Morgan fingerprint density at radius 1 is 1.31 bits per heavy atom. The maximum atomic E-state index is 11.5. The van der Waals surface area contributed by atoms with Crippen molar-refractivity contribution in [3.8, 4) is 6.07 Å². The van der Waals surface area contributed by atoms with Gasteiger partial charge in [-0.3, -0.25) is 4.72 Å². The zero-order chi connectivity index (χ0) is 12.0. The van der Waals surface area contributed by atoms with E-state index in [0.29, 0.717) is 12.1 Å². The van der Waals surface area contributed by atoms with Crippen LogP contribution in [0.4, 0.5) is 5.69 Å². The summed E-state index contributed by atoms with van der Waals surface area (Å²) in [7, 11) is -3.32. The van der Waals surface area contributed by atoms with Crippen LogP contribution in [0.2, 0.25) is 0 Å². The molecule has 4 nitrogen and oxygen atoms in total. The Labute approximate surface area is 96.0 Å². The van der Waals surface area contributed by atoms with Gasteiger partial charge in [0.25, 0.3) is 0 Å². The second-order valence-electron chi connectivity index (χ2n) is 3.55. The summed E-state index contributed by atoms with van der Waals surface area (Å²) in [5.74, 6) is -0.0194. The fraction of sp³-hybridized carbons (Fsp3) is 0.364. The van der Waals surface area contributed by atoms with E-state index in [-0.39, 0.29) is 12.2 Å². The molecule has 0 atom stereocenters. The highest BCUT2D eigenvalue weighted by Crippen LogP contribution is 2.11. The number of hydrogen-bond donors (Lipinski definition) is 1. The van der Waals surface area contributed by atoms with E-state index < -0.39 is 10.0 Å². The van der Waals surface area contributed by atoms with E-state index in [1.54, 1.807) is 12.1 Å². The van der Waals surface area contributed by atoms with Crippen LogP contribution in [-0.4, -0.2) is 14.2 Å². The Bertz CT molecular complexity index is 472. The van der Waals surface area contributed by atoms with Gasteiger partial charge in [0.2, 0.25) is 10.0 Å². The molecule has 5 heteroatoms. The van der Waals surface area contributed by atoms with Crippen LogP contribution in [0.1, 0.15) is 18.4 Å². The Hall–Kier alpha value is -1.54. The highest BCUT2D eigenvalue weighted by atomic mass is 32.2. The molecule has 1 N–H and O–H groups in total. The van der Waals surface area contributed by atoms with Gasteiger partial charge in [-0.1, -0.05) is 17.7 Å². The van der Waals surface area contributed by atoms with Gasteiger partial charge in [-0.2, -0.15) is 5.26 Å². The van der Waals surface area contributed by atoms with Crippen LogP contribution in [0.5, 0.6) is 0 Å². The van der Waals surface area contributed by atoms with E-state index in [1.807, 2.05) is 25.1 Å². The summed E-state index contributed by atoms with van der Waals surface area (Å²) in [5, 5.41) is 8.32. The van der Waals surface area contributed by atoms with E-state index >= 15 is 0 Å². The van der Waals surface area contributed by atoms with Crippen molar-refractivity contribution in [3.05, 3.63) is 29.8 Å². The average molecular weight is 238 g/mol. The van der Waals surface area contributed by atoms with Gasteiger partial charge in [-0.05, 0) is 25.5 Å². The molecule has 86 valence electrons. The second-order valence-corrected chi connectivity index (χ2v) is 5.39. The van der Waals surface area contributed by atoms with Crippen molar-refractivity contribution < 1.29 is 8.42 Å². The van der Waals surface area contributed by atoms with Crippen molar-refractivity contribution in [3.63, 3.8) is 0 Å². The molecule has 1 aromatic rings. The lowest BCUT2D eigenvalue weighted by Gasteiger charge is -2.07. The monoisotopic (exact) mass is 238 g/mol. The fourth-order valence-electron chi connectivity index (χ4n) is 1.19. The molecule has 0 spiro atoms. The fourth-order valence-corrected chi connectivity index (χ4v) is 2.32. The van der Waals surface area contributed by atoms with Crippen LogP contribution >= 0.6 is 0 Å². The number of nitriles is 1. The summed E-state index contributed by atoms with van der Waals surface area (Å²) in [6.45, 7) is 1.94. The van der Waals surface area contributed by atoms with Crippen molar-refractivity contribution >= 4 is 15.7 Å². The van der Waals surface area contributed by atoms with Crippen molar-refractivity contribution in [2.75, 3.05) is 10.5 Å². The first-order valence-electron chi connectivity index (χ1n) is 4.97. The molecule has 0 bridgehead atoms. The van der Waals surface area contributed by atoms with E-state index in [0.717, 1.165) is 5.56 Å². The predicted molar refractivity (Wildman–Crippen MR) is 63.4 cm³/mol. The molecular weight excluding hydrogens is 224 g/mol. The largest absolute Gasteiger partial charge is 0.284 e. The Morgan fingerprint density at radius 2 is 1.94 bits per heavy atom. The quantitative estimate of drug-likeness (QED) is 0.798. The van der Waals surface area contributed by atoms with Gasteiger partial charge in [0, 0.05) is 12.1 Å². The number of benzene rings is 1. The van der Waals surface area contributed by atoms with Crippen molar-refractivity contribution in [1.29, 1.82) is 5.26 Å². The highest BCUT2D eigenvalue weighted by molar-refractivity contribution is 7.92. The SMILES string of the molecule is Cc1ccc(NS(=O)(=O)CCCC#N)cc1. The highest BCUT2D eigenvalue weighted by Gasteiger charge is 2.09. The maximum Gasteiger partial charge on any atom is 0.232 e. The number of unbranched alkanes of at least 4 members (excludes halogenated alkanes) is 1. The first-order chi connectivity index (χ1) is 7.53. The minimum atomic E-state index is -3.32. The van der Waals surface area contributed by atoms with Gasteiger partial charge in [0.15, 0.2) is 0 Å². The van der Waals surface area contributed by atoms with E-state index in [9.17, 15) is 8.42 Å². The van der Waals surface area contributed by atoms with Crippen molar-refractivity contribution in [1.82, 2.24) is 0 Å². The van der Waals surface area contributed by atoms with Gasteiger partial charge in [-0.15, -0.1) is 0 Å². The summed E-state index contributed by atoms with van der Waals surface area (Å²) in [4.78, 5) is 0. The molecule has 0 aromatic heterocycles. The molecule has 0 unspecified atom stereocenters. The van der Waals surface area contributed by atoms with Crippen molar-refractivity contribution in [2.45, 2.75) is 19.8 Å². The molecule has 0 amide bonds. The number of aryl methyl sites for hydroxylation is 1. The van der Waals surface area contributed by atoms with Crippen LogP contribution in [0.15, 0.2) is 24.3 Å². The third-order valence-corrected chi connectivity index (χ3v) is 3.40. The molecule has 0 fully saturated rings. The zero-order valence-electron chi connectivity index (χ0n) is 9.10. The summed E-state index contributed by atoms with van der Waals surface area (Å²) < 4.78 is 25.5. The standard InChI is InChI=1S/C11H14N2O2S/c1-10-4-6-11(7-5-10)13-16(14,15)9-3-2-8-12/h4-7,13H,2-3,9H2,1H3. The van der Waals surface area contributed by atoms with Crippen LogP contribution in [0, 0.1) is 18.3 Å². The molecule has 0 aliphatic rings. The number of hydrogen-bond acceptors (Lipinski definition) is 3. The molecule has 1 aromatic carbocycles. The third-order valence-electron chi connectivity index (χ3n) is 2.03. The van der Waals surface area contributed by atoms with Crippen LogP contribution in [0.3, 0.4) is 0 Å². The summed E-state index contributed by atoms with van der Waals surface area (Å²) in [6, 6.07) is 9.04. The predicted octanol–water partition coefficient (Wildman–Crippen LogP) is 2.04. The first kappa shape index (κ1) is 12.5. The summed E-state index contributed by atoms with van der Waals surface area (Å²) in [5.41, 5.74) is 1.63. The first-order valence-corrected chi connectivity index (χ1v) is 6.63. The number of rotatable bonds is 5. The molecule has 0 heterocycles. The van der Waals surface area contributed by atoms with Gasteiger partial charge in [0.1, 0.15) is 0 Å². The molecule has 16 heavy (non-hydrogen) atoms. The lowest BCUT2D eigenvalue weighted by atomic mass is 10.2. The molecule has 0 aliphatic heterocycles. The lowest BCUT2D eigenvalue weighted by Crippen LogP contribution is -2.16. The molecule has 0 radical (unpaired) electrons. The molecular formula is C11H14N2O2S. The van der Waals surface area contributed by atoms with Gasteiger partial charge in [-0.25, -0.2) is 8.42 Å². The van der Waals surface area contributed by atoms with Crippen LogP contribution in [0.25, 0.3) is 0 Å².